The van der Waals surface area contributed by atoms with Crippen molar-refractivity contribution in [2.75, 3.05) is 25.9 Å². The lowest BCUT2D eigenvalue weighted by molar-refractivity contribution is -0.150. The van der Waals surface area contributed by atoms with E-state index >= 15 is 0 Å². The maximum absolute atomic E-state index is 12.6. The van der Waals surface area contributed by atoms with Crippen LogP contribution in [0.15, 0.2) is 18.2 Å². The number of methoxy groups -OCH3 is 1. The summed E-state index contributed by atoms with van der Waals surface area (Å²) in [7, 11) is 1.52. The summed E-state index contributed by atoms with van der Waals surface area (Å²) in [5.74, 6) is -0.581. The number of benzene rings is 1. The Kier molecular flexibility index (Phi) is 4.06. The van der Waals surface area contributed by atoms with Crippen molar-refractivity contribution in [2.45, 2.75) is 19.8 Å². The number of carbonyl (C=O) groups is 2. The zero-order valence-electron chi connectivity index (χ0n) is 12.3. The van der Waals surface area contributed by atoms with Gasteiger partial charge in [-0.15, -0.1) is 0 Å². The number of piperidine rings is 1. The van der Waals surface area contributed by atoms with E-state index < -0.39 is 11.4 Å². The van der Waals surface area contributed by atoms with Gasteiger partial charge in [0.25, 0.3) is 5.91 Å². The molecular weight excluding hydrogens is 272 g/mol. The van der Waals surface area contributed by atoms with Crippen molar-refractivity contribution in [2.24, 2.45) is 5.41 Å². The van der Waals surface area contributed by atoms with Crippen LogP contribution in [0.2, 0.25) is 0 Å². The van der Waals surface area contributed by atoms with Crippen LogP contribution in [-0.2, 0) is 4.79 Å². The molecule has 1 aliphatic rings. The van der Waals surface area contributed by atoms with Crippen LogP contribution < -0.4 is 10.5 Å². The van der Waals surface area contributed by atoms with Crippen LogP contribution in [0, 0.1) is 5.41 Å². The minimum Gasteiger partial charge on any atom is -0.497 e. The van der Waals surface area contributed by atoms with Gasteiger partial charge >= 0.3 is 5.97 Å². The number of nitrogens with zero attached hydrogens (tertiary/aromatic N) is 1. The SMILES string of the molecule is COc1ccc(N)c(C(=O)N2CCCC(C)(C(=O)O)C2)c1. The number of hydrogen-bond acceptors (Lipinski definition) is 4. The largest absolute Gasteiger partial charge is 0.497 e. The third kappa shape index (κ3) is 2.94. The molecule has 0 spiro atoms. The first kappa shape index (κ1) is 15.2. The first-order valence-corrected chi connectivity index (χ1v) is 6.83. The van der Waals surface area contributed by atoms with E-state index in [9.17, 15) is 14.7 Å². The maximum Gasteiger partial charge on any atom is 0.311 e. The van der Waals surface area contributed by atoms with Crippen LogP contribution in [0.3, 0.4) is 0 Å². The van der Waals surface area contributed by atoms with Crippen molar-refractivity contribution in [3.63, 3.8) is 0 Å². The Balaban J connectivity index is 2.26. The van der Waals surface area contributed by atoms with Gasteiger partial charge in [0, 0.05) is 18.8 Å². The van der Waals surface area contributed by atoms with Gasteiger partial charge in [0.05, 0.1) is 18.1 Å². The quantitative estimate of drug-likeness (QED) is 0.825. The number of nitrogens with two attached hydrogens (primary N) is 1. The molecule has 6 nitrogen and oxygen atoms in total. The summed E-state index contributed by atoms with van der Waals surface area (Å²) < 4.78 is 5.11. The van der Waals surface area contributed by atoms with E-state index in [2.05, 4.69) is 0 Å². The van der Waals surface area contributed by atoms with Gasteiger partial charge in [-0.2, -0.15) is 0 Å². The molecule has 1 unspecified atom stereocenters. The molecule has 1 amide bonds. The molecule has 1 heterocycles. The number of hydrogen-bond donors (Lipinski definition) is 2. The normalized spacial score (nSPS) is 21.9. The molecule has 1 aliphatic heterocycles. The Labute approximate surface area is 123 Å². The van der Waals surface area contributed by atoms with Gasteiger partial charge in [-0.3, -0.25) is 9.59 Å². The summed E-state index contributed by atoms with van der Waals surface area (Å²) >= 11 is 0. The number of nitrogen functional groups attached to an aromatic ring is 1. The average Bonchev–Trinajstić information content (AvgIpc) is 2.47. The fraction of sp³-hybridized carbons (Fsp3) is 0.467. The topological polar surface area (TPSA) is 92.9 Å². The molecule has 0 saturated carbocycles. The van der Waals surface area contributed by atoms with E-state index in [-0.39, 0.29) is 12.5 Å². The molecule has 0 radical (unpaired) electrons. The number of carbonyl (C=O) groups excluding carboxylic acids is 1. The molecule has 21 heavy (non-hydrogen) atoms. The van der Waals surface area contributed by atoms with Crippen LogP contribution in [0.1, 0.15) is 30.1 Å². The number of carboxylic acids is 1. The van der Waals surface area contributed by atoms with E-state index in [4.69, 9.17) is 10.5 Å². The molecular formula is C15H20N2O4. The van der Waals surface area contributed by atoms with Gasteiger partial charge < -0.3 is 20.5 Å². The molecule has 2 rings (SSSR count). The number of likely N-dealkylation sites (tertiary alicyclic amines) is 1. The van der Waals surface area contributed by atoms with Gasteiger partial charge in [0.2, 0.25) is 0 Å². The number of anilines is 1. The summed E-state index contributed by atoms with van der Waals surface area (Å²) in [5.41, 5.74) is 5.67. The second-order valence-corrected chi connectivity index (χ2v) is 5.65. The lowest BCUT2D eigenvalue weighted by Gasteiger charge is -2.37. The Bertz CT molecular complexity index is 573. The monoisotopic (exact) mass is 292 g/mol. The minimum absolute atomic E-state index is 0.192. The van der Waals surface area contributed by atoms with Crippen molar-refractivity contribution in [1.82, 2.24) is 4.90 Å². The fourth-order valence-corrected chi connectivity index (χ4v) is 2.61. The average molecular weight is 292 g/mol. The number of ether oxygens (including phenoxy) is 1. The molecule has 1 saturated heterocycles. The van der Waals surface area contributed by atoms with E-state index in [0.29, 0.717) is 36.4 Å². The summed E-state index contributed by atoms with van der Waals surface area (Å²) in [4.78, 5) is 25.5. The van der Waals surface area contributed by atoms with Crippen LogP contribution in [-0.4, -0.2) is 42.1 Å². The van der Waals surface area contributed by atoms with Gasteiger partial charge in [-0.25, -0.2) is 0 Å². The number of rotatable bonds is 3. The molecule has 0 bridgehead atoms. The van der Waals surface area contributed by atoms with Crippen LogP contribution in [0.25, 0.3) is 0 Å². The van der Waals surface area contributed by atoms with Crippen molar-refractivity contribution in [3.8, 4) is 5.75 Å². The molecule has 0 aromatic heterocycles. The van der Waals surface area contributed by atoms with Gasteiger partial charge in [0.1, 0.15) is 5.75 Å². The van der Waals surface area contributed by atoms with Gasteiger partial charge in [0.15, 0.2) is 0 Å². The number of aliphatic carboxylic acids is 1. The zero-order valence-corrected chi connectivity index (χ0v) is 12.3. The number of amides is 1. The first-order chi connectivity index (χ1) is 9.87. The highest BCUT2D eigenvalue weighted by atomic mass is 16.5. The molecule has 1 aromatic carbocycles. The maximum atomic E-state index is 12.6. The summed E-state index contributed by atoms with van der Waals surface area (Å²) in [6.07, 6.45) is 1.23. The Morgan fingerprint density at radius 3 is 2.76 bits per heavy atom. The molecule has 1 aromatic rings. The zero-order chi connectivity index (χ0) is 15.6. The van der Waals surface area contributed by atoms with Crippen LogP contribution in [0.4, 0.5) is 5.69 Å². The van der Waals surface area contributed by atoms with E-state index in [1.54, 1.807) is 30.0 Å². The third-order valence-electron chi connectivity index (χ3n) is 3.99. The van der Waals surface area contributed by atoms with Crippen molar-refractivity contribution in [1.29, 1.82) is 0 Å². The molecule has 1 atom stereocenters. The first-order valence-electron chi connectivity index (χ1n) is 6.83. The Morgan fingerprint density at radius 2 is 2.14 bits per heavy atom. The van der Waals surface area contributed by atoms with Gasteiger partial charge in [-0.1, -0.05) is 0 Å². The number of carboxylic acid groups (broad SMARTS) is 1. The van der Waals surface area contributed by atoms with E-state index in [1.165, 1.54) is 7.11 Å². The predicted octanol–water partition coefficient (Wildman–Crippen LogP) is 1.60. The minimum atomic E-state index is -0.901. The lowest BCUT2D eigenvalue weighted by atomic mass is 9.82. The van der Waals surface area contributed by atoms with Crippen molar-refractivity contribution >= 4 is 17.6 Å². The lowest BCUT2D eigenvalue weighted by Crippen LogP contribution is -2.48. The van der Waals surface area contributed by atoms with Crippen LogP contribution in [0.5, 0.6) is 5.75 Å². The Hall–Kier alpha value is -2.24. The summed E-state index contributed by atoms with van der Waals surface area (Å²) in [5, 5.41) is 9.32. The highest BCUT2D eigenvalue weighted by molar-refractivity contribution is 6.00. The predicted molar refractivity (Wildman–Crippen MR) is 78.3 cm³/mol. The van der Waals surface area contributed by atoms with E-state index in [1.807, 2.05) is 0 Å². The second-order valence-electron chi connectivity index (χ2n) is 5.65. The molecule has 0 aliphatic carbocycles. The van der Waals surface area contributed by atoms with Crippen LogP contribution >= 0.6 is 0 Å². The van der Waals surface area contributed by atoms with Crippen molar-refractivity contribution in [3.05, 3.63) is 23.8 Å². The smallest absolute Gasteiger partial charge is 0.311 e. The molecule has 3 N–H and O–H groups in total. The second kappa shape index (κ2) is 5.63. The summed E-state index contributed by atoms with van der Waals surface area (Å²) in [6.45, 7) is 2.40. The molecule has 1 fully saturated rings. The van der Waals surface area contributed by atoms with Crippen molar-refractivity contribution < 1.29 is 19.4 Å². The highest BCUT2D eigenvalue weighted by Gasteiger charge is 2.39. The van der Waals surface area contributed by atoms with Gasteiger partial charge in [-0.05, 0) is 38.0 Å². The third-order valence-corrected chi connectivity index (χ3v) is 3.99. The standard InChI is InChI=1S/C15H20N2O4/c1-15(14(19)20)6-3-7-17(9-15)13(18)11-8-10(21-2)4-5-12(11)16/h4-5,8H,3,6-7,9,16H2,1-2H3,(H,19,20). The Morgan fingerprint density at radius 1 is 1.43 bits per heavy atom. The summed E-state index contributed by atoms with van der Waals surface area (Å²) in [6, 6.07) is 4.89. The molecule has 6 heteroatoms. The molecule has 114 valence electrons. The highest BCUT2D eigenvalue weighted by Crippen LogP contribution is 2.31. The van der Waals surface area contributed by atoms with E-state index in [0.717, 1.165) is 0 Å². The fourth-order valence-electron chi connectivity index (χ4n) is 2.61.